The molecule has 0 aromatic carbocycles. The van der Waals surface area contributed by atoms with Crippen molar-refractivity contribution in [3.8, 4) is 0 Å². The highest BCUT2D eigenvalue weighted by Gasteiger charge is 2.47. The molecule has 0 atom stereocenters. The minimum absolute atomic E-state index is 0.288. The third kappa shape index (κ3) is 6.20. The van der Waals surface area contributed by atoms with E-state index in [1.807, 2.05) is 0 Å². The predicted molar refractivity (Wildman–Crippen MR) is 60.4 cm³/mol. The second kappa shape index (κ2) is 7.10. The van der Waals surface area contributed by atoms with Crippen LogP contribution in [0.5, 0.6) is 0 Å². The number of hydrogen-bond acceptors (Lipinski definition) is 5. The van der Waals surface area contributed by atoms with E-state index in [9.17, 15) is 26.4 Å². The van der Waals surface area contributed by atoms with Gasteiger partial charge in [0, 0.05) is 0 Å². The number of halogens is 3. The van der Waals surface area contributed by atoms with Crippen LogP contribution >= 0.6 is 0 Å². The molecule has 108 valence electrons. The van der Waals surface area contributed by atoms with Crippen LogP contribution in [-0.2, 0) is 23.8 Å². The van der Waals surface area contributed by atoms with Gasteiger partial charge in [0.15, 0.2) is 6.61 Å². The molecule has 0 heterocycles. The van der Waals surface area contributed by atoms with Gasteiger partial charge in [-0.05, 0) is 5.57 Å². The second-order valence-electron chi connectivity index (χ2n) is 3.00. The number of alkyl halides is 3. The zero-order valence-electron chi connectivity index (χ0n) is 9.64. The average Bonchev–Trinajstić information content (AvgIpc) is 2.30. The molecule has 0 aliphatic carbocycles. The van der Waals surface area contributed by atoms with Crippen molar-refractivity contribution in [3.05, 3.63) is 37.0 Å². The summed E-state index contributed by atoms with van der Waals surface area (Å²) in [6.07, 6.45) is 4.17. The summed E-state index contributed by atoms with van der Waals surface area (Å²) in [6, 6.07) is 0. The lowest BCUT2D eigenvalue weighted by Crippen LogP contribution is -2.28. The summed E-state index contributed by atoms with van der Waals surface area (Å²) in [5.74, 6) is -1.26. The van der Waals surface area contributed by atoms with E-state index in [1.54, 1.807) is 0 Å². The van der Waals surface area contributed by atoms with Crippen LogP contribution in [0.1, 0.15) is 0 Å². The van der Waals surface area contributed by atoms with Gasteiger partial charge in [-0.25, -0.2) is 4.79 Å². The SMILES string of the molecule is C=C/C=C(\C=C)COC(=O)COS(=O)(=O)C(F)(F)F. The van der Waals surface area contributed by atoms with Gasteiger partial charge in [-0.3, -0.25) is 4.18 Å². The van der Waals surface area contributed by atoms with E-state index in [0.717, 1.165) is 0 Å². The van der Waals surface area contributed by atoms with Gasteiger partial charge in [0.25, 0.3) is 0 Å². The van der Waals surface area contributed by atoms with Gasteiger partial charge in [0.05, 0.1) is 0 Å². The summed E-state index contributed by atoms with van der Waals surface area (Å²) >= 11 is 0. The van der Waals surface area contributed by atoms with Crippen LogP contribution < -0.4 is 0 Å². The molecule has 0 amide bonds. The van der Waals surface area contributed by atoms with Gasteiger partial charge < -0.3 is 4.74 Å². The molecular formula is C10H11F3O5S. The van der Waals surface area contributed by atoms with Crippen LogP contribution in [-0.4, -0.2) is 33.1 Å². The minimum Gasteiger partial charge on any atom is -0.459 e. The van der Waals surface area contributed by atoms with Crippen molar-refractivity contribution in [2.24, 2.45) is 0 Å². The number of rotatable bonds is 7. The molecule has 0 saturated heterocycles. The third-order valence-electron chi connectivity index (χ3n) is 1.61. The molecule has 0 fully saturated rings. The van der Waals surface area contributed by atoms with Crippen molar-refractivity contribution < 1.29 is 35.3 Å². The summed E-state index contributed by atoms with van der Waals surface area (Å²) in [5, 5.41) is 0. The largest absolute Gasteiger partial charge is 0.523 e. The Morgan fingerprint density at radius 1 is 1.21 bits per heavy atom. The fourth-order valence-electron chi connectivity index (χ4n) is 0.724. The smallest absolute Gasteiger partial charge is 0.459 e. The maximum absolute atomic E-state index is 11.9. The molecule has 9 heteroatoms. The van der Waals surface area contributed by atoms with Crippen LogP contribution in [0.4, 0.5) is 13.2 Å². The molecule has 0 saturated carbocycles. The van der Waals surface area contributed by atoms with Crippen molar-refractivity contribution in [3.63, 3.8) is 0 Å². The minimum atomic E-state index is -5.80. The third-order valence-corrected chi connectivity index (χ3v) is 2.60. The number of ether oxygens (including phenoxy) is 1. The van der Waals surface area contributed by atoms with Gasteiger partial charge in [0.2, 0.25) is 0 Å². The van der Waals surface area contributed by atoms with Gasteiger partial charge in [0.1, 0.15) is 6.61 Å². The standard InChI is InChI=1S/C10H11F3O5S/c1-3-5-8(4-2)6-17-9(14)7-18-19(15,16)10(11,12)13/h3-5H,1-2,6-7H2/b8-5+. The van der Waals surface area contributed by atoms with E-state index in [4.69, 9.17) is 0 Å². The van der Waals surface area contributed by atoms with E-state index in [2.05, 4.69) is 22.1 Å². The van der Waals surface area contributed by atoms with Crippen LogP contribution in [0.25, 0.3) is 0 Å². The number of carbonyl (C=O) groups excluding carboxylic acids is 1. The van der Waals surface area contributed by atoms with E-state index >= 15 is 0 Å². The molecule has 0 aliphatic heterocycles. The first kappa shape index (κ1) is 17.4. The first-order valence-corrected chi connectivity index (χ1v) is 6.10. The fourth-order valence-corrected chi connectivity index (χ4v) is 1.11. The average molecular weight is 300 g/mol. The first-order chi connectivity index (χ1) is 8.64. The lowest BCUT2D eigenvalue weighted by atomic mass is 10.2. The second-order valence-corrected chi connectivity index (χ2v) is 4.61. The molecule has 0 radical (unpaired) electrons. The number of hydrogen-bond donors (Lipinski definition) is 0. The van der Waals surface area contributed by atoms with Gasteiger partial charge >= 0.3 is 21.6 Å². The Morgan fingerprint density at radius 2 is 1.79 bits per heavy atom. The van der Waals surface area contributed by atoms with E-state index in [0.29, 0.717) is 5.57 Å². The van der Waals surface area contributed by atoms with Crippen molar-refractivity contribution in [2.45, 2.75) is 5.51 Å². The number of esters is 1. The normalized spacial score (nSPS) is 12.9. The molecule has 0 aromatic rings. The van der Waals surface area contributed by atoms with Crippen molar-refractivity contribution in [1.29, 1.82) is 0 Å². The molecule has 0 unspecified atom stereocenters. The highest BCUT2D eigenvalue weighted by atomic mass is 32.2. The summed E-state index contributed by atoms with van der Waals surface area (Å²) in [5.41, 5.74) is -5.15. The number of allylic oxidation sites excluding steroid dienone is 2. The quantitative estimate of drug-likeness (QED) is 0.310. The Bertz CT molecular complexity index is 476. The van der Waals surface area contributed by atoms with Crippen molar-refractivity contribution >= 4 is 16.1 Å². The maximum Gasteiger partial charge on any atom is 0.523 e. The first-order valence-electron chi connectivity index (χ1n) is 4.69. The predicted octanol–water partition coefficient (Wildman–Crippen LogP) is 1.69. The summed E-state index contributed by atoms with van der Waals surface area (Å²) < 4.78 is 64.4. The topological polar surface area (TPSA) is 69.7 Å². The molecule has 0 aromatic heterocycles. The number of carbonyl (C=O) groups is 1. The van der Waals surface area contributed by atoms with Crippen molar-refractivity contribution in [1.82, 2.24) is 0 Å². The van der Waals surface area contributed by atoms with Crippen LogP contribution in [0.15, 0.2) is 37.0 Å². The van der Waals surface area contributed by atoms with Gasteiger partial charge in [-0.15, -0.1) is 0 Å². The van der Waals surface area contributed by atoms with Gasteiger partial charge in [-0.1, -0.05) is 31.4 Å². The molecule has 0 bridgehead atoms. The Hall–Kier alpha value is -1.61. The molecule has 0 rings (SSSR count). The highest BCUT2D eigenvalue weighted by molar-refractivity contribution is 7.87. The Kier molecular flexibility index (Phi) is 6.49. The van der Waals surface area contributed by atoms with Crippen molar-refractivity contribution in [2.75, 3.05) is 13.2 Å². The molecular weight excluding hydrogens is 289 g/mol. The molecule has 5 nitrogen and oxygen atoms in total. The van der Waals surface area contributed by atoms with Gasteiger partial charge in [-0.2, -0.15) is 21.6 Å². The van der Waals surface area contributed by atoms with E-state index < -0.39 is 28.2 Å². The van der Waals surface area contributed by atoms with Crippen LogP contribution in [0.2, 0.25) is 0 Å². The van der Waals surface area contributed by atoms with Crippen LogP contribution in [0, 0.1) is 0 Å². The zero-order chi connectivity index (χ0) is 15.1. The lowest BCUT2D eigenvalue weighted by Gasteiger charge is -2.08. The van der Waals surface area contributed by atoms with E-state index in [1.165, 1.54) is 18.2 Å². The summed E-state index contributed by atoms with van der Waals surface area (Å²) in [7, 11) is -5.80. The van der Waals surface area contributed by atoms with E-state index in [-0.39, 0.29) is 6.61 Å². The summed E-state index contributed by atoms with van der Waals surface area (Å²) in [4.78, 5) is 11.0. The summed E-state index contributed by atoms with van der Waals surface area (Å²) in [6.45, 7) is 5.12. The molecule has 19 heavy (non-hydrogen) atoms. The lowest BCUT2D eigenvalue weighted by molar-refractivity contribution is -0.145. The Balaban J connectivity index is 4.33. The monoisotopic (exact) mass is 300 g/mol. The zero-order valence-corrected chi connectivity index (χ0v) is 10.5. The molecule has 0 N–H and O–H groups in total. The fraction of sp³-hybridized carbons (Fsp3) is 0.300. The van der Waals surface area contributed by atoms with Crippen LogP contribution in [0.3, 0.4) is 0 Å². The molecule has 0 spiro atoms. The Morgan fingerprint density at radius 3 is 2.21 bits per heavy atom. The maximum atomic E-state index is 11.9. The molecule has 0 aliphatic rings. The Labute approximate surface area is 108 Å². The highest BCUT2D eigenvalue weighted by Crippen LogP contribution is 2.24.